The second kappa shape index (κ2) is 3.11. The fraction of sp³-hybridized carbons (Fsp3) is 0.800. The molecule has 0 bridgehead atoms. The fourth-order valence-electron chi connectivity index (χ4n) is 0.365. The van der Waals surface area contributed by atoms with Crippen molar-refractivity contribution in [2.75, 3.05) is 0 Å². The van der Waals surface area contributed by atoms with Gasteiger partial charge in [0.1, 0.15) is 0 Å². The molecule has 9 heavy (non-hydrogen) atoms. The molecule has 0 aliphatic heterocycles. The summed E-state index contributed by atoms with van der Waals surface area (Å²) in [6, 6.07) is 0. The van der Waals surface area contributed by atoms with E-state index in [1.807, 2.05) is 0 Å². The van der Waals surface area contributed by atoms with Crippen LogP contribution in [0.1, 0.15) is 6.42 Å². The molecule has 0 aliphatic carbocycles. The summed E-state index contributed by atoms with van der Waals surface area (Å²) in [6.07, 6.45) is 0.0451. The molecule has 0 amide bonds. The fourth-order valence-corrected chi connectivity index (χ4v) is 1.90. The molecule has 0 aromatic carbocycles. The van der Waals surface area contributed by atoms with E-state index in [0.29, 0.717) is 5.21 Å². The van der Waals surface area contributed by atoms with Crippen LogP contribution in [-0.4, -0.2) is 24.6 Å². The minimum absolute atomic E-state index is 0.0451. The van der Waals surface area contributed by atoms with Gasteiger partial charge in [-0.05, 0) is 0 Å². The molecule has 0 unspecified atom stereocenters. The van der Waals surface area contributed by atoms with Crippen molar-refractivity contribution in [3.05, 3.63) is 0 Å². The van der Waals surface area contributed by atoms with Crippen molar-refractivity contribution in [1.29, 1.82) is 0 Å². The number of hydrogen-bond donors (Lipinski definition) is 1. The summed E-state index contributed by atoms with van der Waals surface area (Å²) >= 11 is -2.65. The molecule has 0 radical (unpaired) electrons. The maximum atomic E-state index is 10.9. The predicted molar refractivity (Wildman–Crippen MR) is 35.2 cm³/mol. The van der Waals surface area contributed by atoms with E-state index >= 15 is 0 Å². The average Bonchev–Trinajstić information content (AvgIpc) is 1.59. The van der Waals surface area contributed by atoms with E-state index in [-0.39, 0.29) is 6.42 Å². The van der Waals surface area contributed by atoms with Gasteiger partial charge in [0.25, 0.3) is 0 Å². The van der Waals surface area contributed by atoms with Crippen molar-refractivity contribution in [3.63, 3.8) is 0 Å². The molecule has 0 spiro atoms. The Morgan fingerprint density at radius 2 is 2.00 bits per heavy atom. The van der Waals surface area contributed by atoms with Gasteiger partial charge in [0, 0.05) is 0 Å². The first-order valence-corrected chi connectivity index (χ1v) is 8.52. The van der Waals surface area contributed by atoms with Crippen LogP contribution in [-0.2, 0) is 8.53 Å². The molecule has 1 N–H and O–H groups in total. The molecule has 0 aromatic rings. The summed E-state index contributed by atoms with van der Waals surface area (Å²) in [6.45, 7) is 0. The van der Waals surface area contributed by atoms with Gasteiger partial charge in [0.15, 0.2) is 0 Å². The van der Waals surface area contributed by atoms with E-state index in [9.17, 15) is 8.53 Å². The van der Waals surface area contributed by atoms with Gasteiger partial charge in [-0.2, -0.15) is 0 Å². The van der Waals surface area contributed by atoms with Crippen LogP contribution >= 0.6 is 0 Å². The third kappa shape index (κ3) is 7.83. The molecule has 0 fully saturated rings. The summed E-state index contributed by atoms with van der Waals surface area (Å²) in [7, 11) is 0. The van der Waals surface area contributed by atoms with Gasteiger partial charge in [-0.3, -0.25) is 0 Å². The van der Waals surface area contributed by atoms with Gasteiger partial charge in [0.05, 0.1) is 0 Å². The van der Waals surface area contributed by atoms with E-state index < -0.39 is 19.5 Å². The van der Waals surface area contributed by atoms with Crippen LogP contribution in [0.4, 0.5) is 0 Å². The van der Waals surface area contributed by atoms with Gasteiger partial charge in [-0.25, -0.2) is 0 Å². The van der Waals surface area contributed by atoms with Crippen molar-refractivity contribution >= 4 is 19.5 Å². The first-order chi connectivity index (χ1) is 3.92. The zero-order valence-corrected chi connectivity index (χ0v) is 7.50. The Morgan fingerprint density at radius 3 is 2.11 bits per heavy atom. The molecule has 4 heteroatoms. The summed E-state index contributed by atoms with van der Waals surface area (Å²) in [5.74, 6) is -0.861. The minimum atomic E-state index is -2.65. The maximum absolute atomic E-state index is 10.9. The number of hydrogen-bond acceptors (Lipinski definition) is 2. The van der Waals surface area contributed by atoms with Crippen molar-refractivity contribution in [3.8, 4) is 0 Å². The first kappa shape index (κ1) is 8.83. The molecule has 0 aliphatic rings. The van der Waals surface area contributed by atoms with Crippen molar-refractivity contribution < 1.29 is 13.6 Å². The third-order valence-corrected chi connectivity index (χ3v) is 3.59. The van der Waals surface area contributed by atoms with Crippen LogP contribution in [0.15, 0.2) is 0 Å². The SMILES string of the molecule is C[As](C)(=O)CCC(=O)O. The van der Waals surface area contributed by atoms with Crippen LogP contribution < -0.4 is 0 Å². The summed E-state index contributed by atoms with van der Waals surface area (Å²) < 4.78 is 10.9. The van der Waals surface area contributed by atoms with E-state index in [1.165, 1.54) is 0 Å². The van der Waals surface area contributed by atoms with Gasteiger partial charge in [0.2, 0.25) is 0 Å². The Morgan fingerprint density at radius 1 is 1.56 bits per heavy atom. The Bertz CT molecular complexity index is 146. The topological polar surface area (TPSA) is 54.4 Å². The van der Waals surface area contributed by atoms with Crippen LogP contribution in [0.25, 0.3) is 0 Å². The number of rotatable bonds is 3. The van der Waals surface area contributed by atoms with Crippen LogP contribution in [0.2, 0.25) is 16.6 Å². The molecule has 0 aromatic heterocycles. The molecule has 54 valence electrons. The van der Waals surface area contributed by atoms with Gasteiger partial charge in [-0.1, -0.05) is 0 Å². The van der Waals surface area contributed by atoms with Crippen molar-refractivity contribution in [2.45, 2.75) is 23.1 Å². The Hall–Kier alpha value is -0.172. The molecule has 0 saturated carbocycles. The Kier molecular flexibility index (Phi) is 3.05. The summed E-state index contributed by atoms with van der Waals surface area (Å²) in [5.41, 5.74) is 3.31. The number of carboxylic acid groups (broad SMARTS) is 1. The van der Waals surface area contributed by atoms with E-state index in [4.69, 9.17) is 5.11 Å². The van der Waals surface area contributed by atoms with Gasteiger partial charge >= 0.3 is 56.2 Å². The van der Waals surface area contributed by atoms with Crippen LogP contribution in [0.3, 0.4) is 0 Å². The van der Waals surface area contributed by atoms with Crippen LogP contribution in [0.5, 0.6) is 0 Å². The zero-order valence-electron chi connectivity index (χ0n) is 5.63. The molecule has 3 nitrogen and oxygen atoms in total. The molecule has 0 atom stereocenters. The van der Waals surface area contributed by atoms with Crippen molar-refractivity contribution in [2.24, 2.45) is 0 Å². The third-order valence-electron chi connectivity index (χ3n) is 0.864. The summed E-state index contributed by atoms with van der Waals surface area (Å²) in [4.78, 5) is 9.93. The first-order valence-electron chi connectivity index (χ1n) is 2.67. The number of carbonyl (C=O) groups is 1. The predicted octanol–water partition coefficient (Wildman–Crippen LogP) is 1.10. The standard InChI is InChI=1S/C5H11AsO3/c1-6(2,9)4-3-5(7)8/h3-4H2,1-2H3,(H,7,8). The summed E-state index contributed by atoms with van der Waals surface area (Å²) in [5, 5.41) is 8.53. The van der Waals surface area contributed by atoms with E-state index in [2.05, 4.69) is 0 Å². The molecule has 0 saturated heterocycles. The van der Waals surface area contributed by atoms with Gasteiger partial charge < -0.3 is 0 Å². The number of aliphatic carboxylic acids is 1. The Balaban J connectivity index is 3.53. The van der Waals surface area contributed by atoms with Crippen molar-refractivity contribution in [1.82, 2.24) is 0 Å². The van der Waals surface area contributed by atoms with Crippen LogP contribution in [0, 0.1) is 0 Å². The zero-order chi connectivity index (χ0) is 7.49. The molecule has 0 heterocycles. The van der Waals surface area contributed by atoms with Gasteiger partial charge in [-0.15, -0.1) is 0 Å². The molecular weight excluding hydrogens is 183 g/mol. The normalized spacial score (nSPS) is 11.3. The Labute approximate surface area is 56.7 Å². The average molecular weight is 194 g/mol. The van der Waals surface area contributed by atoms with E-state index in [1.54, 1.807) is 11.4 Å². The second-order valence-electron chi connectivity index (χ2n) is 2.44. The monoisotopic (exact) mass is 194 g/mol. The molecule has 0 rings (SSSR count). The molecular formula is C5H11AsO3. The quantitative estimate of drug-likeness (QED) is 0.684. The second-order valence-corrected chi connectivity index (χ2v) is 9.98. The van der Waals surface area contributed by atoms with E-state index in [0.717, 1.165) is 0 Å². The number of carboxylic acids is 1.